The molecule has 28 heavy (non-hydrogen) atoms. The molecule has 0 bridgehead atoms. The first-order valence-electron chi connectivity index (χ1n) is 7.83. The Morgan fingerprint density at radius 2 is 1.86 bits per heavy atom. The molecule has 0 fully saturated rings. The smallest absolute Gasteiger partial charge is 0.418 e. The lowest BCUT2D eigenvalue weighted by Crippen LogP contribution is -2.17. The van der Waals surface area contributed by atoms with Gasteiger partial charge in [0.2, 0.25) is 0 Å². The Morgan fingerprint density at radius 3 is 2.61 bits per heavy atom. The van der Waals surface area contributed by atoms with Gasteiger partial charge in [-0.25, -0.2) is 4.68 Å². The summed E-state index contributed by atoms with van der Waals surface area (Å²) in [5, 5.41) is 6.77. The lowest BCUT2D eigenvalue weighted by atomic mass is 10.1. The molecule has 0 aliphatic rings. The number of nitrogens with zero attached hydrogens (tertiary/aromatic N) is 2. The number of anilines is 1. The minimum absolute atomic E-state index is 0.0715. The maximum atomic E-state index is 13.0. The molecule has 0 aliphatic carbocycles. The average molecular weight is 430 g/mol. The van der Waals surface area contributed by atoms with E-state index in [4.69, 9.17) is 27.9 Å². The molecule has 3 aromatic rings. The van der Waals surface area contributed by atoms with Crippen molar-refractivity contribution in [2.24, 2.45) is 0 Å². The molecule has 10 heteroatoms. The van der Waals surface area contributed by atoms with Crippen LogP contribution in [0.2, 0.25) is 10.0 Å². The number of aromatic nitrogens is 2. The van der Waals surface area contributed by atoms with E-state index in [9.17, 15) is 18.0 Å². The van der Waals surface area contributed by atoms with Gasteiger partial charge in [-0.05, 0) is 30.3 Å². The van der Waals surface area contributed by atoms with Crippen molar-refractivity contribution in [3.63, 3.8) is 0 Å². The second-order valence-electron chi connectivity index (χ2n) is 5.56. The van der Waals surface area contributed by atoms with Crippen LogP contribution in [-0.4, -0.2) is 15.7 Å². The maximum absolute atomic E-state index is 13.0. The van der Waals surface area contributed by atoms with Crippen LogP contribution in [0.5, 0.6) is 5.75 Å². The van der Waals surface area contributed by atoms with Crippen LogP contribution in [0.4, 0.5) is 18.9 Å². The lowest BCUT2D eigenvalue weighted by Gasteiger charge is -2.12. The summed E-state index contributed by atoms with van der Waals surface area (Å²) in [6.45, 7) is -0.0769. The van der Waals surface area contributed by atoms with E-state index in [0.717, 1.165) is 6.07 Å². The van der Waals surface area contributed by atoms with Gasteiger partial charge in [-0.15, -0.1) is 0 Å². The number of ether oxygens (including phenoxy) is 1. The number of alkyl halides is 3. The van der Waals surface area contributed by atoms with Crippen LogP contribution in [-0.2, 0) is 12.9 Å². The fraction of sp³-hybridized carbons (Fsp3) is 0.111. The zero-order chi connectivity index (χ0) is 20.3. The minimum Gasteiger partial charge on any atom is -0.470 e. The Kier molecular flexibility index (Phi) is 5.81. The molecule has 1 N–H and O–H groups in total. The van der Waals surface area contributed by atoms with Gasteiger partial charge in [0, 0.05) is 6.20 Å². The van der Waals surface area contributed by atoms with Gasteiger partial charge in [0.25, 0.3) is 5.91 Å². The second-order valence-corrected chi connectivity index (χ2v) is 6.35. The second kappa shape index (κ2) is 8.12. The van der Waals surface area contributed by atoms with Gasteiger partial charge in [0.1, 0.15) is 10.8 Å². The van der Waals surface area contributed by atoms with E-state index in [0.29, 0.717) is 10.8 Å². The highest BCUT2D eigenvalue weighted by atomic mass is 35.5. The quantitative estimate of drug-likeness (QED) is 0.582. The number of nitrogens with one attached hydrogen (secondary N) is 1. The summed E-state index contributed by atoms with van der Waals surface area (Å²) in [6, 6.07) is 10.9. The topological polar surface area (TPSA) is 56.2 Å². The molecule has 1 aromatic heterocycles. The summed E-state index contributed by atoms with van der Waals surface area (Å²) in [6.07, 6.45) is -3.14. The fourth-order valence-corrected chi connectivity index (χ4v) is 2.66. The van der Waals surface area contributed by atoms with Crippen LogP contribution < -0.4 is 10.1 Å². The molecule has 1 amide bonds. The van der Waals surface area contributed by atoms with E-state index in [1.165, 1.54) is 35.1 Å². The molecule has 2 aromatic carbocycles. The molecule has 3 rings (SSSR count). The van der Waals surface area contributed by atoms with Crippen molar-refractivity contribution >= 4 is 34.8 Å². The first-order chi connectivity index (χ1) is 13.3. The van der Waals surface area contributed by atoms with Gasteiger partial charge in [-0.2, -0.15) is 18.3 Å². The molecular formula is C18H12Cl2F3N3O2. The molecule has 0 saturated carbocycles. The molecular weight excluding hydrogens is 418 g/mol. The Labute approximate surface area is 167 Å². The van der Waals surface area contributed by atoms with Crippen molar-refractivity contribution in [3.05, 3.63) is 76.0 Å². The third-order valence-corrected chi connectivity index (χ3v) is 4.42. The number of carbonyl (C=O) groups is 1. The predicted octanol–water partition coefficient (Wildman–Crippen LogP) is 5.50. The Bertz CT molecular complexity index is 1010. The largest absolute Gasteiger partial charge is 0.470 e. The lowest BCUT2D eigenvalue weighted by molar-refractivity contribution is -0.136. The van der Waals surface area contributed by atoms with Crippen LogP contribution in [0.15, 0.2) is 54.7 Å². The van der Waals surface area contributed by atoms with Crippen molar-refractivity contribution in [3.8, 4) is 5.75 Å². The van der Waals surface area contributed by atoms with E-state index < -0.39 is 17.6 Å². The Morgan fingerprint density at radius 1 is 1.11 bits per heavy atom. The summed E-state index contributed by atoms with van der Waals surface area (Å²) < 4.78 is 45.8. The summed E-state index contributed by atoms with van der Waals surface area (Å²) in [5.74, 6) is -0.453. The first kappa shape index (κ1) is 20.0. The number of rotatable bonds is 5. The van der Waals surface area contributed by atoms with Crippen molar-refractivity contribution in [1.29, 1.82) is 0 Å². The highest BCUT2D eigenvalue weighted by Crippen LogP contribution is 2.34. The van der Waals surface area contributed by atoms with E-state index in [1.807, 2.05) is 0 Å². The van der Waals surface area contributed by atoms with Gasteiger partial charge in [-0.3, -0.25) is 4.79 Å². The number of amides is 1. The zero-order valence-corrected chi connectivity index (χ0v) is 15.5. The van der Waals surface area contributed by atoms with Crippen LogP contribution in [0.1, 0.15) is 16.1 Å². The van der Waals surface area contributed by atoms with Crippen molar-refractivity contribution in [2.45, 2.75) is 12.9 Å². The fourth-order valence-electron chi connectivity index (χ4n) is 2.31. The van der Waals surface area contributed by atoms with E-state index in [2.05, 4.69) is 10.4 Å². The van der Waals surface area contributed by atoms with E-state index in [1.54, 1.807) is 18.2 Å². The van der Waals surface area contributed by atoms with Gasteiger partial charge >= 0.3 is 6.18 Å². The van der Waals surface area contributed by atoms with Gasteiger partial charge < -0.3 is 10.1 Å². The summed E-state index contributed by atoms with van der Waals surface area (Å²) in [4.78, 5) is 12.2. The summed E-state index contributed by atoms with van der Waals surface area (Å²) >= 11 is 11.9. The SMILES string of the molecule is O=C(Nc1ccccc1C(F)(F)F)c1ccn(COc2cccc(Cl)c2Cl)n1. The van der Waals surface area contributed by atoms with E-state index >= 15 is 0 Å². The van der Waals surface area contributed by atoms with E-state index in [-0.39, 0.29) is 23.1 Å². The predicted molar refractivity (Wildman–Crippen MR) is 98.7 cm³/mol. The molecule has 0 aliphatic heterocycles. The number of benzene rings is 2. The average Bonchev–Trinajstić information content (AvgIpc) is 3.12. The summed E-state index contributed by atoms with van der Waals surface area (Å²) in [5.41, 5.74) is -1.36. The normalized spacial score (nSPS) is 11.3. The Balaban J connectivity index is 1.69. The minimum atomic E-state index is -4.59. The number of halogens is 5. The summed E-state index contributed by atoms with van der Waals surface area (Å²) in [7, 11) is 0. The van der Waals surface area contributed by atoms with Gasteiger partial charge in [0.05, 0.1) is 16.3 Å². The standard InChI is InChI=1S/C18H12Cl2F3N3O2/c19-12-5-3-7-15(16(12)20)28-10-26-9-8-14(25-26)17(27)24-13-6-2-1-4-11(13)18(21,22)23/h1-9H,10H2,(H,24,27). The monoisotopic (exact) mass is 429 g/mol. The van der Waals surface area contributed by atoms with Gasteiger partial charge in [0.15, 0.2) is 12.4 Å². The Hall–Kier alpha value is -2.71. The number of carbonyl (C=O) groups excluding carboxylic acids is 1. The highest BCUT2D eigenvalue weighted by Gasteiger charge is 2.33. The maximum Gasteiger partial charge on any atom is 0.418 e. The van der Waals surface area contributed by atoms with Crippen LogP contribution in [0.25, 0.3) is 0 Å². The molecule has 0 spiro atoms. The van der Waals surface area contributed by atoms with Gasteiger partial charge in [-0.1, -0.05) is 41.4 Å². The van der Waals surface area contributed by atoms with Crippen LogP contribution in [0, 0.1) is 0 Å². The molecule has 5 nitrogen and oxygen atoms in total. The first-order valence-corrected chi connectivity index (χ1v) is 8.59. The highest BCUT2D eigenvalue weighted by molar-refractivity contribution is 6.42. The molecule has 0 atom stereocenters. The number of hydrogen-bond donors (Lipinski definition) is 1. The molecule has 146 valence electrons. The number of para-hydroxylation sites is 1. The van der Waals surface area contributed by atoms with Crippen molar-refractivity contribution in [2.75, 3.05) is 5.32 Å². The molecule has 0 saturated heterocycles. The van der Waals surface area contributed by atoms with Crippen molar-refractivity contribution in [1.82, 2.24) is 9.78 Å². The van der Waals surface area contributed by atoms with Crippen LogP contribution >= 0.6 is 23.2 Å². The molecule has 0 radical (unpaired) electrons. The molecule has 1 heterocycles. The third kappa shape index (κ3) is 4.58. The number of hydrogen-bond acceptors (Lipinski definition) is 3. The third-order valence-electron chi connectivity index (χ3n) is 3.62. The van der Waals surface area contributed by atoms with Crippen LogP contribution in [0.3, 0.4) is 0 Å². The van der Waals surface area contributed by atoms with Crippen molar-refractivity contribution < 1.29 is 22.7 Å². The molecule has 0 unspecified atom stereocenters. The zero-order valence-electron chi connectivity index (χ0n) is 14.0.